The molecule has 0 aliphatic carbocycles. The summed E-state index contributed by atoms with van der Waals surface area (Å²) in [5.74, 6) is -1.01. The highest BCUT2D eigenvalue weighted by atomic mass is 35.5. The third kappa shape index (κ3) is 3.11. The van der Waals surface area contributed by atoms with Crippen molar-refractivity contribution in [2.45, 2.75) is 0 Å². The molecule has 1 aromatic carbocycles. The van der Waals surface area contributed by atoms with Gasteiger partial charge in [0.1, 0.15) is 15.9 Å². The van der Waals surface area contributed by atoms with Crippen molar-refractivity contribution in [2.24, 2.45) is 0 Å². The molecule has 1 N–H and O–H groups in total. The number of thiophene rings is 1. The molecule has 0 amide bonds. The first kappa shape index (κ1) is 16.8. The fraction of sp³-hybridized carbons (Fsp3) is 0.294. The average Bonchev–Trinajstić information content (AvgIpc) is 2.96. The van der Waals surface area contributed by atoms with E-state index in [0.29, 0.717) is 21.7 Å². The molecule has 0 unspecified atom stereocenters. The number of aromatic carboxylic acids is 1. The van der Waals surface area contributed by atoms with Gasteiger partial charge in [0, 0.05) is 36.8 Å². The normalized spacial score (nSPS) is 15.3. The minimum atomic E-state index is -1.01. The van der Waals surface area contributed by atoms with Crippen molar-refractivity contribution in [3.05, 3.63) is 39.7 Å². The molecule has 124 valence electrons. The maximum absolute atomic E-state index is 11.7. The number of rotatable bonds is 3. The van der Waals surface area contributed by atoms with E-state index in [1.54, 1.807) is 24.3 Å². The van der Waals surface area contributed by atoms with Crippen LogP contribution >= 0.6 is 22.9 Å². The van der Waals surface area contributed by atoms with Gasteiger partial charge in [-0.2, -0.15) is 5.26 Å². The van der Waals surface area contributed by atoms with Gasteiger partial charge in [0.05, 0.1) is 5.56 Å². The molecule has 0 bridgehead atoms. The SMILES string of the molecule is CN1CCN(c2sc(C(=O)O)c(-c3ccc(Cl)cc3)c2C#N)CC1. The molecule has 0 spiro atoms. The lowest BCUT2D eigenvalue weighted by molar-refractivity contribution is 0.0703. The fourth-order valence-corrected chi connectivity index (χ4v) is 4.09. The monoisotopic (exact) mass is 361 g/mol. The Labute approximate surface area is 149 Å². The van der Waals surface area contributed by atoms with Crippen LogP contribution in [0.5, 0.6) is 0 Å². The quantitative estimate of drug-likeness (QED) is 0.907. The average molecular weight is 362 g/mol. The number of carbonyl (C=O) groups is 1. The second-order valence-corrected chi connectivity index (χ2v) is 7.14. The lowest BCUT2D eigenvalue weighted by Crippen LogP contribution is -2.44. The summed E-state index contributed by atoms with van der Waals surface area (Å²) in [6.45, 7) is 3.35. The van der Waals surface area contributed by atoms with Gasteiger partial charge in [-0.1, -0.05) is 23.7 Å². The van der Waals surface area contributed by atoms with Gasteiger partial charge in [-0.25, -0.2) is 4.79 Å². The van der Waals surface area contributed by atoms with Crippen molar-refractivity contribution >= 4 is 33.9 Å². The topological polar surface area (TPSA) is 67.6 Å². The van der Waals surface area contributed by atoms with E-state index in [1.165, 1.54) is 11.3 Å². The van der Waals surface area contributed by atoms with Gasteiger partial charge >= 0.3 is 5.97 Å². The Morgan fingerprint density at radius 2 is 1.88 bits per heavy atom. The molecular formula is C17H16ClN3O2S. The van der Waals surface area contributed by atoms with Crippen LogP contribution in [0.3, 0.4) is 0 Å². The first-order chi connectivity index (χ1) is 11.5. The summed E-state index contributed by atoms with van der Waals surface area (Å²) >= 11 is 7.10. The van der Waals surface area contributed by atoms with Crippen LogP contribution < -0.4 is 4.90 Å². The van der Waals surface area contributed by atoms with Crippen LogP contribution in [-0.2, 0) is 0 Å². The van der Waals surface area contributed by atoms with Crippen molar-refractivity contribution < 1.29 is 9.90 Å². The van der Waals surface area contributed by atoms with Crippen LogP contribution in [0.1, 0.15) is 15.2 Å². The fourth-order valence-electron chi connectivity index (χ4n) is 2.80. The van der Waals surface area contributed by atoms with E-state index in [2.05, 4.69) is 22.9 Å². The molecule has 3 rings (SSSR count). The van der Waals surface area contributed by atoms with Gasteiger partial charge < -0.3 is 14.9 Å². The molecule has 2 heterocycles. The Kier molecular flexibility index (Phi) is 4.76. The third-order valence-corrected chi connectivity index (χ3v) is 5.61. The van der Waals surface area contributed by atoms with Gasteiger partial charge in [-0.05, 0) is 24.7 Å². The van der Waals surface area contributed by atoms with Crippen molar-refractivity contribution in [3.8, 4) is 17.2 Å². The molecule has 5 nitrogen and oxygen atoms in total. The van der Waals surface area contributed by atoms with E-state index in [0.717, 1.165) is 31.2 Å². The highest BCUT2D eigenvalue weighted by Crippen LogP contribution is 2.42. The van der Waals surface area contributed by atoms with Crippen molar-refractivity contribution in [1.29, 1.82) is 5.26 Å². The number of carboxylic acid groups (broad SMARTS) is 1. The summed E-state index contributed by atoms with van der Waals surface area (Å²) in [5.41, 5.74) is 1.62. The molecule has 0 atom stereocenters. The number of benzene rings is 1. The number of nitriles is 1. The summed E-state index contributed by atoms with van der Waals surface area (Å²) in [7, 11) is 2.05. The predicted octanol–water partition coefficient (Wildman–Crippen LogP) is 3.39. The summed E-state index contributed by atoms with van der Waals surface area (Å²) < 4.78 is 0. The zero-order valence-electron chi connectivity index (χ0n) is 13.1. The highest BCUT2D eigenvalue weighted by molar-refractivity contribution is 7.18. The maximum atomic E-state index is 11.7. The Hall–Kier alpha value is -2.07. The molecule has 1 aliphatic rings. The van der Waals surface area contributed by atoms with Crippen LogP contribution in [0.25, 0.3) is 11.1 Å². The van der Waals surface area contributed by atoms with Crippen LogP contribution in [-0.4, -0.2) is 49.2 Å². The summed E-state index contributed by atoms with van der Waals surface area (Å²) in [5, 5.41) is 20.6. The number of anilines is 1. The Balaban J connectivity index is 2.12. The van der Waals surface area contributed by atoms with E-state index in [1.807, 2.05) is 0 Å². The largest absolute Gasteiger partial charge is 0.477 e. The molecule has 1 fully saturated rings. The molecule has 0 radical (unpaired) electrons. The molecule has 1 saturated heterocycles. The number of hydrogen-bond donors (Lipinski definition) is 1. The van der Waals surface area contributed by atoms with E-state index in [4.69, 9.17) is 11.6 Å². The molecule has 7 heteroatoms. The second kappa shape index (κ2) is 6.81. The molecule has 2 aromatic rings. The van der Waals surface area contributed by atoms with Crippen molar-refractivity contribution in [1.82, 2.24) is 4.90 Å². The minimum Gasteiger partial charge on any atom is -0.477 e. The third-order valence-electron chi connectivity index (χ3n) is 4.12. The molecule has 1 aliphatic heterocycles. The van der Waals surface area contributed by atoms with Gasteiger partial charge in [-0.15, -0.1) is 11.3 Å². The van der Waals surface area contributed by atoms with Gasteiger partial charge in [-0.3, -0.25) is 0 Å². The highest BCUT2D eigenvalue weighted by Gasteiger charge is 2.28. The number of likely N-dealkylation sites (N-methyl/N-ethyl adjacent to an activating group) is 1. The van der Waals surface area contributed by atoms with Gasteiger partial charge in [0.15, 0.2) is 0 Å². The van der Waals surface area contributed by atoms with Crippen LogP contribution in [0, 0.1) is 11.3 Å². The van der Waals surface area contributed by atoms with Gasteiger partial charge in [0.25, 0.3) is 0 Å². The summed E-state index contributed by atoms with van der Waals surface area (Å²) in [6, 6.07) is 9.14. The molecule has 24 heavy (non-hydrogen) atoms. The van der Waals surface area contributed by atoms with Crippen molar-refractivity contribution in [3.63, 3.8) is 0 Å². The van der Waals surface area contributed by atoms with E-state index in [9.17, 15) is 15.2 Å². The maximum Gasteiger partial charge on any atom is 0.346 e. The zero-order valence-corrected chi connectivity index (χ0v) is 14.7. The van der Waals surface area contributed by atoms with Crippen molar-refractivity contribution in [2.75, 3.05) is 38.1 Å². The second-order valence-electron chi connectivity index (χ2n) is 5.70. The lowest BCUT2D eigenvalue weighted by Gasteiger charge is -2.33. The predicted molar refractivity (Wildman–Crippen MR) is 96.1 cm³/mol. The Bertz CT molecular complexity index is 802. The number of halogens is 1. The Morgan fingerprint density at radius 1 is 1.25 bits per heavy atom. The van der Waals surface area contributed by atoms with E-state index in [-0.39, 0.29) is 4.88 Å². The first-order valence-corrected chi connectivity index (χ1v) is 8.70. The van der Waals surface area contributed by atoms with Crippen LogP contribution in [0.4, 0.5) is 5.00 Å². The summed E-state index contributed by atoms with van der Waals surface area (Å²) in [4.78, 5) is 16.2. The van der Waals surface area contributed by atoms with E-state index >= 15 is 0 Å². The zero-order chi connectivity index (χ0) is 17.3. The minimum absolute atomic E-state index is 0.197. The molecular weight excluding hydrogens is 346 g/mol. The Morgan fingerprint density at radius 3 is 2.42 bits per heavy atom. The van der Waals surface area contributed by atoms with E-state index < -0.39 is 5.97 Å². The first-order valence-electron chi connectivity index (χ1n) is 7.51. The van der Waals surface area contributed by atoms with Crippen LogP contribution in [0.15, 0.2) is 24.3 Å². The molecule has 0 saturated carbocycles. The number of piperazine rings is 1. The lowest BCUT2D eigenvalue weighted by atomic mass is 10.0. The number of nitrogens with zero attached hydrogens (tertiary/aromatic N) is 3. The number of carboxylic acids is 1. The number of hydrogen-bond acceptors (Lipinski definition) is 5. The smallest absolute Gasteiger partial charge is 0.346 e. The standard InChI is InChI=1S/C17H16ClN3O2S/c1-20-6-8-21(9-7-20)16-13(10-19)14(15(24-16)17(22)23)11-2-4-12(18)5-3-11/h2-5H,6-9H2,1H3,(H,22,23). The molecule has 1 aromatic heterocycles. The summed E-state index contributed by atoms with van der Waals surface area (Å²) in [6.07, 6.45) is 0. The van der Waals surface area contributed by atoms with Gasteiger partial charge in [0.2, 0.25) is 0 Å². The van der Waals surface area contributed by atoms with Crippen LogP contribution in [0.2, 0.25) is 5.02 Å².